The van der Waals surface area contributed by atoms with Gasteiger partial charge in [0, 0.05) is 55.5 Å². The Bertz CT molecular complexity index is 1760. The fourth-order valence-corrected chi connectivity index (χ4v) is 5.13. The number of hydrogen-bond acceptors (Lipinski definition) is 8. The Hall–Kier alpha value is -5.29. The third kappa shape index (κ3) is 6.37. The molecular formula is C33H33FN8O2. The fraction of sp³-hybridized carbons (Fsp3) is 0.212. The number of piperazine rings is 1. The summed E-state index contributed by atoms with van der Waals surface area (Å²) in [5.74, 6) is -0.0967. The molecule has 0 bridgehead atoms. The van der Waals surface area contributed by atoms with E-state index in [2.05, 4.69) is 42.7 Å². The molecule has 0 radical (unpaired) electrons. The number of para-hydroxylation sites is 1. The van der Waals surface area contributed by atoms with Crippen molar-refractivity contribution >= 4 is 28.9 Å². The van der Waals surface area contributed by atoms with Gasteiger partial charge in [0.15, 0.2) is 0 Å². The lowest BCUT2D eigenvalue weighted by Crippen LogP contribution is -2.44. The van der Waals surface area contributed by atoms with Crippen molar-refractivity contribution in [3.05, 3.63) is 102 Å². The third-order valence-electron chi connectivity index (χ3n) is 7.63. The minimum atomic E-state index is -0.420. The molecule has 1 saturated heterocycles. The summed E-state index contributed by atoms with van der Waals surface area (Å²) in [6.45, 7) is 7.14. The van der Waals surface area contributed by atoms with Crippen LogP contribution in [0.4, 0.5) is 27.4 Å². The SMILES string of the molecule is Cc1cccc(C)c1NC(=O)c1cnc(Nc2ccc(N3CCN(C)CC3)c(F)c2)nc1Oc1cccc(-c2ccn[nH]2)c1. The number of ether oxygens (including phenoxy) is 1. The van der Waals surface area contributed by atoms with Crippen LogP contribution in [0.25, 0.3) is 11.3 Å². The molecule has 2 aromatic heterocycles. The highest BCUT2D eigenvalue weighted by Gasteiger charge is 2.21. The summed E-state index contributed by atoms with van der Waals surface area (Å²) in [7, 11) is 2.06. The van der Waals surface area contributed by atoms with Crippen LogP contribution in [0.15, 0.2) is 79.1 Å². The van der Waals surface area contributed by atoms with Crippen LogP contribution >= 0.6 is 0 Å². The number of aryl methyl sites for hydroxylation is 2. The van der Waals surface area contributed by atoms with E-state index in [0.717, 1.165) is 48.6 Å². The molecule has 0 aliphatic carbocycles. The van der Waals surface area contributed by atoms with E-state index in [1.165, 1.54) is 12.3 Å². The second-order valence-corrected chi connectivity index (χ2v) is 10.8. The monoisotopic (exact) mass is 592 g/mol. The number of rotatable bonds is 8. The van der Waals surface area contributed by atoms with Gasteiger partial charge < -0.3 is 25.2 Å². The van der Waals surface area contributed by atoms with Gasteiger partial charge in [-0.1, -0.05) is 30.3 Å². The molecule has 1 aliphatic rings. The van der Waals surface area contributed by atoms with Crippen molar-refractivity contribution in [2.75, 3.05) is 48.8 Å². The number of aromatic amines is 1. The average molecular weight is 593 g/mol. The Morgan fingerprint density at radius 1 is 0.977 bits per heavy atom. The number of nitrogens with zero attached hydrogens (tertiary/aromatic N) is 5. The highest BCUT2D eigenvalue weighted by Crippen LogP contribution is 2.31. The zero-order valence-corrected chi connectivity index (χ0v) is 24.8. The molecule has 1 fully saturated rings. The van der Waals surface area contributed by atoms with Crippen molar-refractivity contribution in [1.82, 2.24) is 25.1 Å². The number of aromatic nitrogens is 4. The number of halogens is 1. The first-order chi connectivity index (χ1) is 21.3. The first-order valence-electron chi connectivity index (χ1n) is 14.4. The van der Waals surface area contributed by atoms with Crippen molar-refractivity contribution < 1.29 is 13.9 Å². The minimum Gasteiger partial charge on any atom is -0.438 e. The summed E-state index contributed by atoms with van der Waals surface area (Å²) >= 11 is 0. The minimum absolute atomic E-state index is 0.0440. The lowest BCUT2D eigenvalue weighted by Gasteiger charge is -2.34. The van der Waals surface area contributed by atoms with Gasteiger partial charge in [0.1, 0.15) is 17.1 Å². The Kier molecular flexibility index (Phi) is 8.20. The van der Waals surface area contributed by atoms with E-state index in [4.69, 9.17) is 4.74 Å². The number of nitrogens with one attached hydrogen (secondary N) is 3. The Balaban J connectivity index is 1.29. The van der Waals surface area contributed by atoms with Gasteiger partial charge in [0.05, 0.1) is 11.4 Å². The van der Waals surface area contributed by atoms with E-state index in [0.29, 0.717) is 22.8 Å². The number of benzene rings is 3. The molecule has 0 spiro atoms. The van der Waals surface area contributed by atoms with Crippen LogP contribution in [-0.4, -0.2) is 64.2 Å². The molecule has 0 unspecified atom stereocenters. The first kappa shape index (κ1) is 28.8. The Morgan fingerprint density at radius 3 is 2.48 bits per heavy atom. The lowest BCUT2D eigenvalue weighted by atomic mass is 10.1. The molecule has 10 nitrogen and oxygen atoms in total. The largest absolute Gasteiger partial charge is 0.438 e. The van der Waals surface area contributed by atoms with Crippen LogP contribution in [-0.2, 0) is 0 Å². The second-order valence-electron chi connectivity index (χ2n) is 10.8. The van der Waals surface area contributed by atoms with Crippen LogP contribution in [0.1, 0.15) is 21.5 Å². The molecule has 1 amide bonds. The molecule has 224 valence electrons. The van der Waals surface area contributed by atoms with Gasteiger partial charge in [0.25, 0.3) is 5.91 Å². The standard InChI is InChI=1S/C33H33FN8O2/c1-21-6-4-7-22(2)30(21)38-31(43)26-20-35-33(37-24-10-11-29(27(34)19-24)42-16-14-41(3)15-17-42)39-32(26)44-25-9-5-8-23(18-25)28-12-13-36-40-28/h4-13,18-20H,14-17H2,1-3H3,(H,36,40)(H,38,43)(H,35,37,39). The van der Waals surface area contributed by atoms with Gasteiger partial charge >= 0.3 is 0 Å². The van der Waals surface area contributed by atoms with Crippen LogP contribution in [0.5, 0.6) is 11.6 Å². The third-order valence-corrected chi connectivity index (χ3v) is 7.63. The van der Waals surface area contributed by atoms with Gasteiger partial charge in [-0.2, -0.15) is 10.1 Å². The van der Waals surface area contributed by atoms with Gasteiger partial charge in [-0.3, -0.25) is 9.89 Å². The van der Waals surface area contributed by atoms with Crippen LogP contribution in [0.2, 0.25) is 0 Å². The Morgan fingerprint density at radius 2 is 1.75 bits per heavy atom. The summed E-state index contributed by atoms with van der Waals surface area (Å²) < 4.78 is 21.4. The predicted octanol–water partition coefficient (Wildman–Crippen LogP) is 6.16. The van der Waals surface area contributed by atoms with Crippen LogP contribution in [0.3, 0.4) is 0 Å². The van der Waals surface area contributed by atoms with E-state index >= 15 is 4.39 Å². The summed E-state index contributed by atoms with van der Waals surface area (Å²) in [5, 5.41) is 13.0. The lowest BCUT2D eigenvalue weighted by molar-refractivity contribution is 0.102. The summed E-state index contributed by atoms with van der Waals surface area (Å²) in [4.78, 5) is 26.7. The van der Waals surface area contributed by atoms with E-state index in [9.17, 15) is 4.79 Å². The number of H-pyrrole nitrogens is 1. The summed E-state index contributed by atoms with van der Waals surface area (Å²) in [6, 6.07) is 20.0. The highest BCUT2D eigenvalue weighted by molar-refractivity contribution is 6.06. The maximum atomic E-state index is 15.2. The van der Waals surface area contributed by atoms with E-state index in [-0.39, 0.29) is 23.2 Å². The highest BCUT2D eigenvalue weighted by atomic mass is 19.1. The van der Waals surface area contributed by atoms with Crippen molar-refractivity contribution in [3.8, 4) is 22.9 Å². The van der Waals surface area contributed by atoms with Gasteiger partial charge in [-0.15, -0.1) is 0 Å². The zero-order valence-electron chi connectivity index (χ0n) is 24.8. The topological polar surface area (TPSA) is 111 Å². The smallest absolute Gasteiger partial charge is 0.262 e. The molecule has 0 atom stereocenters. The number of carbonyl (C=O) groups excluding carboxylic acids is 1. The molecule has 11 heteroatoms. The van der Waals surface area contributed by atoms with Crippen molar-refractivity contribution in [3.63, 3.8) is 0 Å². The number of hydrogen-bond donors (Lipinski definition) is 3. The summed E-state index contributed by atoms with van der Waals surface area (Å²) in [6.07, 6.45) is 3.07. The molecule has 44 heavy (non-hydrogen) atoms. The number of anilines is 4. The van der Waals surface area contributed by atoms with Crippen molar-refractivity contribution in [2.24, 2.45) is 0 Å². The molecule has 6 rings (SSSR count). The molecule has 3 aromatic carbocycles. The number of amides is 1. The van der Waals surface area contributed by atoms with E-state index in [1.54, 1.807) is 24.4 Å². The molecular weight excluding hydrogens is 559 g/mol. The molecule has 0 saturated carbocycles. The van der Waals surface area contributed by atoms with Crippen LogP contribution in [0, 0.1) is 19.7 Å². The molecule has 1 aliphatic heterocycles. The fourth-order valence-electron chi connectivity index (χ4n) is 5.13. The first-order valence-corrected chi connectivity index (χ1v) is 14.4. The second kappa shape index (κ2) is 12.5. The van der Waals surface area contributed by atoms with Crippen molar-refractivity contribution in [1.29, 1.82) is 0 Å². The van der Waals surface area contributed by atoms with E-state index in [1.807, 2.05) is 61.2 Å². The van der Waals surface area contributed by atoms with Gasteiger partial charge in [-0.05, 0) is 68.4 Å². The maximum absolute atomic E-state index is 15.2. The van der Waals surface area contributed by atoms with Crippen molar-refractivity contribution in [2.45, 2.75) is 13.8 Å². The number of carbonyl (C=O) groups is 1. The molecule has 3 heterocycles. The van der Waals surface area contributed by atoms with E-state index < -0.39 is 5.91 Å². The number of likely N-dealkylation sites (N-methyl/N-ethyl adjacent to an activating group) is 1. The van der Waals surface area contributed by atoms with Gasteiger partial charge in [-0.25, -0.2) is 9.37 Å². The average Bonchev–Trinajstić information content (AvgIpc) is 3.56. The normalized spacial score (nSPS) is 13.5. The predicted molar refractivity (Wildman–Crippen MR) is 169 cm³/mol. The quantitative estimate of drug-likeness (QED) is 0.196. The molecule has 3 N–H and O–H groups in total. The zero-order chi connectivity index (χ0) is 30.6. The summed E-state index contributed by atoms with van der Waals surface area (Å²) in [5.41, 5.74) is 5.40. The Labute approximate surface area is 254 Å². The maximum Gasteiger partial charge on any atom is 0.262 e. The van der Waals surface area contributed by atoms with Crippen LogP contribution < -0.4 is 20.3 Å². The van der Waals surface area contributed by atoms with Gasteiger partial charge in [0.2, 0.25) is 11.8 Å². The molecule has 5 aromatic rings.